The van der Waals surface area contributed by atoms with E-state index >= 15 is 0 Å². The normalized spacial score (nSPS) is 13.5. The van der Waals surface area contributed by atoms with Crippen LogP contribution >= 0.6 is 27.3 Å². The summed E-state index contributed by atoms with van der Waals surface area (Å²) in [5, 5.41) is 4.19. The third-order valence-corrected chi connectivity index (χ3v) is 4.98. The van der Waals surface area contributed by atoms with Crippen LogP contribution in [0.5, 0.6) is 0 Å². The molecule has 2 nitrogen and oxygen atoms in total. The predicted molar refractivity (Wildman–Crippen MR) is 86.3 cm³/mol. The van der Waals surface area contributed by atoms with Gasteiger partial charge in [-0.1, -0.05) is 45.0 Å². The molecule has 2 rings (SSSR count). The number of nitrogens with one attached hydrogen (secondary N) is 1. The van der Waals surface area contributed by atoms with Crippen LogP contribution in [0.25, 0.3) is 0 Å². The fraction of sp³-hybridized carbons (Fsp3) is 0.333. The van der Waals surface area contributed by atoms with Gasteiger partial charge in [0.2, 0.25) is 0 Å². The minimum Gasteiger partial charge on any atom is -0.271 e. The van der Waals surface area contributed by atoms with Crippen molar-refractivity contribution < 1.29 is 0 Å². The van der Waals surface area contributed by atoms with Crippen molar-refractivity contribution in [2.45, 2.75) is 32.2 Å². The van der Waals surface area contributed by atoms with Crippen LogP contribution in [0.1, 0.15) is 43.5 Å². The number of halogens is 1. The minimum atomic E-state index is 0.0228. The van der Waals surface area contributed by atoms with Gasteiger partial charge in [0.05, 0.1) is 6.04 Å². The Labute approximate surface area is 127 Å². The number of nitrogens with two attached hydrogens (primary N) is 1. The van der Waals surface area contributed by atoms with Gasteiger partial charge in [0.1, 0.15) is 0 Å². The first-order chi connectivity index (χ1) is 8.93. The van der Waals surface area contributed by atoms with E-state index in [1.807, 2.05) is 0 Å². The van der Waals surface area contributed by atoms with Crippen molar-refractivity contribution in [1.29, 1.82) is 0 Å². The number of hydrogen-bond donors (Lipinski definition) is 2. The largest absolute Gasteiger partial charge is 0.271 e. The predicted octanol–water partition coefficient (Wildman–Crippen LogP) is 4.36. The standard InChI is InChI=1S/C15H19BrN2S/c1-15(2,3)11-6-4-10(5-7-11)14(18-17)12-8-19-9-13(12)16/h4-9,14,18H,17H2,1-3H3. The summed E-state index contributed by atoms with van der Waals surface area (Å²) in [6.07, 6.45) is 0. The average Bonchev–Trinajstić information content (AvgIpc) is 2.76. The molecule has 4 heteroatoms. The van der Waals surface area contributed by atoms with Crippen molar-refractivity contribution >= 4 is 27.3 Å². The third kappa shape index (κ3) is 3.26. The van der Waals surface area contributed by atoms with Crippen molar-refractivity contribution in [3.05, 3.63) is 56.2 Å². The van der Waals surface area contributed by atoms with Crippen molar-refractivity contribution in [2.24, 2.45) is 5.84 Å². The van der Waals surface area contributed by atoms with E-state index in [0.29, 0.717) is 0 Å². The lowest BCUT2D eigenvalue weighted by atomic mass is 9.86. The molecule has 0 aliphatic carbocycles. The second-order valence-corrected chi connectivity index (χ2v) is 7.24. The molecule has 1 aromatic carbocycles. The van der Waals surface area contributed by atoms with Crippen LogP contribution in [-0.2, 0) is 5.41 Å². The molecule has 0 radical (unpaired) electrons. The molecule has 19 heavy (non-hydrogen) atoms. The molecule has 0 spiro atoms. The number of benzene rings is 1. The average molecular weight is 339 g/mol. The Morgan fingerprint density at radius 1 is 1.16 bits per heavy atom. The molecule has 0 amide bonds. The monoisotopic (exact) mass is 338 g/mol. The fourth-order valence-corrected chi connectivity index (χ4v) is 3.59. The summed E-state index contributed by atoms with van der Waals surface area (Å²) in [4.78, 5) is 0. The highest BCUT2D eigenvalue weighted by Crippen LogP contribution is 2.32. The highest BCUT2D eigenvalue weighted by Gasteiger charge is 2.18. The first-order valence-corrected chi connectivity index (χ1v) is 7.95. The zero-order chi connectivity index (χ0) is 14.0. The lowest BCUT2D eigenvalue weighted by molar-refractivity contribution is 0.588. The van der Waals surface area contributed by atoms with E-state index in [0.717, 1.165) is 4.47 Å². The lowest BCUT2D eigenvalue weighted by Crippen LogP contribution is -2.28. The van der Waals surface area contributed by atoms with Gasteiger partial charge in [-0.2, -0.15) is 11.3 Å². The second-order valence-electron chi connectivity index (χ2n) is 5.65. The Bertz CT molecular complexity index is 540. The maximum Gasteiger partial charge on any atom is 0.0729 e. The molecular weight excluding hydrogens is 320 g/mol. The van der Waals surface area contributed by atoms with Crippen LogP contribution < -0.4 is 11.3 Å². The number of hydrazine groups is 1. The van der Waals surface area contributed by atoms with E-state index in [1.54, 1.807) is 11.3 Å². The highest BCUT2D eigenvalue weighted by atomic mass is 79.9. The molecule has 3 N–H and O–H groups in total. The van der Waals surface area contributed by atoms with Crippen molar-refractivity contribution in [2.75, 3.05) is 0 Å². The molecule has 0 aliphatic heterocycles. The second kappa shape index (κ2) is 5.75. The summed E-state index contributed by atoms with van der Waals surface area (Å²) in [5.74, 6) is 5.72. The summed E-state index contributed by atoms with van der Waals surface area (Å²) < 4.78 is 1.10. The molecule has 0 saturated carbocycles. The molecule has 1 heterocycles. The van der Waals surface area contributed by atoms with Crippen LogP contribution in [0, 0.1) is 0 Å². The van der Waals surface area contributed by atoms with Crippen molar-refractivity contribution in [3.63, 3.8) is 0 Å². The van der Waals surface area contributed by atoms with Gasteiger partial charge in [0.15, 0.2) is 0 Å². The van der Waals surface area contributed by atoms with Gasteiger partial charge in [0, 0.05) is 9.85 Å². The Kier molecular flexibility index (Phi) is 4.46. The highest BCUT2D eigenvalue weighted by molar-refractivity contribution is 9.10. The number of rotatable bonds is 3. The van der Waals surface area contributed by atoms with Crippen LogP contribution in [0.2, 0.25) is 0 Å². The summed E-state index contributed by atoms with van der Waals surface area (Å²) in [6, 6.07) is 8.68. The van der Waals surface area contributed by atoms with E-state index in [1.165, 1.54) is 16.7 Å². The molecule has 1 atom stereocenters. The SMILES string of the molecule is CC(C)(C)c1ccc(C(NN)c2cscc2Br)cc1. The van der Waals surface area contributed by atoms with E-state index in [-0.39, 0.29) is 11.5 Å². The summed E-state index contributed by atoms with van der Waals surface area (Å²) >= 11 is 5.24. The molecule has 2 aromatic rings. The van der Waals surface area contributed by atoms with Crippen LogP contribution in [0.15, 0.2) is 39.5 Å². The maximum absolute atomic E-state index is 5.72. The van der Waals surface area contributed by atoms with E-state index in [9.17, 15) is 0 Å². The number of thiophene rings is 1. The van der Waals surface area contributed by atoms with Crippen molar-refractivity contribution in [1.82, 2.24) is 5.43 Å². The van der Waals surface area contributed by atoms with Gasteiger partial charge in [0.25, 0.3) is 0 Å². The van der Waals surface area contributed by atoms with Gasteiger partial charge < -0.3 is 0 Å². The molecule has 0 fully saturated rings. The van der Waals surface area contributed by atoms with Gasteiger partial charge >= 0.3 is 0 Å². The van der Waals surface area contributed by atoms with Crippen LogP contribution in [-0.4, -0.2) is 0 Å². The zero-order valence-electron chi connectivity index (χ0n) is 11.4. The molecule has 0 aliphatic rings. The fourth-order valence-electron chi connectivity index (χ4n) is 2.04. The Hall–Kier alpha value is -0.680. The van der Waals surface area contributed by atoms with Gasteiger partial charge in [-0.3, -0.25) is 5.84 Å². The maximum atomic E-state index is 5.72. The smallest absolute Gasteiger partial charge is 0.0729 e. The number of hydrogen-bond acceptors (Lipinski definition) is 3. The summed E-state index contributed by atoms with van der Waals surface area (Å²) in [7, 11) is 0. The molecule has 0 saturated heterocycles. The van der Waals surface area contributed by atoms with Crippen molar-refractivity contribution in [3.8, 4) is 0 Å². The Morgan fingerprint density at radius 2 is 1.79 bits per heavy atom. The first-order valence-electron chi connectivity index (χ1n) is 6.21. The Balaban J connectivity index is 2.33. The third-order valence-electron chi connectivity index (χ3n) is 3.23. The van der Waals surface area contributed by atoms with Crippen LogP contribution in [0.4, 0.5) is 0 Å². The van der Waals surface area contributed by atoms with Gasteiger partial charge in [-0.15, -0.1) is 0 Å². The van der Waals surface area contributed by atoms with E-state index in [2.05, 4.69) is 77.2 Å². The summed E-state index contributed by atoms with van der Waals surface area (Å²) in [5.41, 5.74) is 6.75. The molecular formula is C15H19BrN2S. The molecule has 0 bridgehead atoms. The van der Waals surface area contributed by atoms with E-state index < -0.39 is 0 Å². The first kappa shape index (κ1) is 14.7. The quantitative estimate of drug-likeness (QED) is 0.644. The molecule has 1 aromatic heterocycles. The Morgan fingerprint density at radius 3 is 2.21 bits per heavy atom. The van der Waals surface area contributed by atoms with Gasteiger partial charge in [-0.05, 0) is 43.4 Å². The molecule has 1 unspecified atom stereocenters. The topological polar surface area (TPSA) is 38.0 Å². The summed E-state index contributed by atoms with van der Waals surface area (Å²) in [6.45, 7) is 6.66. The van der Waals surface area contributed by atoms with Crippen LogP contribution in [0.3, 0.4) is 0 Å². The molecule has 102 valence electrons. The van der Waals surface area contributed by atoms with Gasteiger partial charge in [-0.25, -0.2) is 5.43 Å². The minimum absolute atomic E-state index is 0.0228. The van der Waals surface area contributed by atoms with E-state index in [4.69, 9.17) is 5.84 Å². The zero-order valence-corrected chi connectivity index (χ0v) is 13.8. The lowest BCUT2D eigenvalue weighted by Gasteiger charge is -2.21.